The van der Waals surface area contributed by atoms with Crippen LogP contribution in [0.3, 0.4) is 0 Å². The van der Waals surface area contributed by atoms with Crippen LogP contribution in [0.5, 0.6) is 0 Å². The molecule has 2 aliphatic rings. The molecule has 5 heteroatoms. The first-order valence-electron chi connectivity index (χ1n) is 6.85. The van der Waals surface area contributed by atoms with Crippen LogP contribution in [0.25, 0.3) is 0 Å². The van der Waals surface area contributed by atoms with Crippen molar-refractivity contribution < 1.29 is 14.3 Å². The highest BCUT2D eigenvalue weighted by Crippen LogP contribution is 2.24. The van der Waals surface area contributed by atoms with Crippen LogP contribution >= 0.6 is 0 Å². The molecule has 0 radical (unpaired) electrons. The van der Waals surface area contributed by atoms with E-state index in [0.717, 1.165) is 32.4 Å². The van der Waals surface area contributed by atoms with Crippen molar-refractivity contribution in [3.05, 3.63) is 0 Å². The van der Waals surface area contributed by atoms with E-state index in [2.05, 4.69) is 10.6 Å². The summed E-state index contributed by atoms with van der Waals surface area (Å²) in [5.41, 5.74) is -0.242. The molecule has 2 rings (SSSR count). The highest BCUT2D eigenvalue weighted by molar-refractivity contribution is 5.78. The van der Waals surface area contributed by atoms with Gasteiger partial charge in [0.1, 0.15) is 6.61 Å². The number of hydrogen-bond acceptors (Lipinski definition) is 4. The standard InChI is InChI=1S/C13H24N2O3/c1-10-13(2,5-8-17-10)15-12(16)9-18-11-3-6-14-7-4-11/h10-11,14H,3-9H2,1-2H3,(H,15,16). The van der Waals surface area contributed by atoms with Gasteiger partial charge in [0, 0.05) is 6.61 Å². The summed E-state index contributed by atoms with van der Waals surface area (Å²) in [4.78, 5) is 11.9. The largest absolute Gasteiger partial charge is 0.376 e. The summed E-state index contributed by atoms with van der Waals surface area (Å²) >= 11 is 0. The van der Waals surface area contributed by atoms with E-state index >= 15 is 0 Å². The molecule has 2 fully saturated rings. The summed E-state index contributed by atoms with van der Waals surface area (Å²) in [5.74, 6) is -0.0339. The van der Waals surface area contributed by atoms with E-state index in [0.29, 0.717) is 6.61 Å². The fraction of sp³-hybridized carbons (Fsp3) is 0.923. The van der Waals surface area contributed by atoms with Gasteiger partial charge in [0.15, 0.2) is 0 Å². The summed E-state index contributed by atoms with van der Waals surface area (Å²) in [6.45, 7) is 6.87. The highest BCUT2D eigenvalue weighted by Gasteiger charge is 2.38. The van der Waals surface area contributed by atoms with Gasteiger partial charge in [-0.3, -0.25) is 4.79 Å². The average molecular weight is 256 g/mol. The molecule has 0 aromatic heterocycles. The lowest BCUT2D eigenvalue weighted by molar-refractivity contribution is -0.130. The topological polar surface area (TPSA) is 59.6 Å². The van der Waals surface area contributed by atoms with Crippen LogP contribution in [-0.4, -0.2) is 50.0 Å². The molecule has 2 N–H and O–H groups in total. The average Bonchev–Trinajstić information content (AvgIpc) is 2.68. The van der Waals surface area contributed by atoms with Crippen molar-refractivity contribution in [2.45, 2.75) is 50.9 Å². The fourth-order valence-electron chi connectivity index (χ4n) is 2.51. The number of rotatable bonds is 4. The minimum absolute atomic E-state index is 0.0339. The predicted molar refractivity (Wildman–Crippen MR) is 68.4 cm³/mol. The van der Waals surface area contributed by atoms with Crippen LogP contribution in [0, 0.1) is 0 Å². The van der Waals surface area contributed by atoms with Crippen LogP contribution in [-0.2, 0) is 14.3 Å². The maximum atomic E-state index is 11.9. The normalized spacial score (nSPS) is 33.6. The van der Waals surface area contributed by atoms with Crippen LogP contribution in [0.15, 0.2) is 0 Å². The van der Waals surface area contributed by atoms with Crippen LogP contribution < -0.4 is 10.6 Å². The third kappa shape index (κ3) is 3.43. The molecule has 18 heavy (non-hydrogen) atoms. The zero-order valence-electron chi connectivity index (χ0n) is 11.3. The molecular formula is C13H24N2O3. The Labute approximate surface area is 109 Å². The Balaban J connectivity index is 1.71. The molecule has 2 saturated heterocycles. The second-order valence-corrected chi connectivity index (χ2v) is 5.49. The summed E-state index contributed by atoms with van der Waals surface area (Å²) < 4.78 is 11.1. The number of ether oxygens (including phenoxy) is 2. The molecule has 0 saturated carbocycles. The zero-order chi connectivity index (χ0) is 13.0. The fourth-order valence-corrected chi connectivity index (χ4v) is 2.51. The molecule has 0 aromatic rings. The summed E-state index contributed by atoms with van der Waals surface area (Å²) in [6, 6.07) is 0. The molecule has 0 spiro atoms. The first-order valence-corrected chi connectivity index (χ1v) is 6.85. The molecule has 0 aromatic carbocycles. The van der Waals surface area contributed by atoms with Crippen molar-refractivity contribution in [1.82, 2.24) is 10.6 Å². The molecule has 2 aliphatic heterocycles. The maximum Gasteiger partial charge on any atom is 0.246 e. The second-order valence-electron chi connectivity index (χ2n) is 5.49. The minimum Gasteiger partial charge on any atom is -0.376 e. The van der Waals surface area contributed by atoms with E-state index in [9.17, 15) is 4.79 Å². The molecule has 0 aliphatic carbocycles. The van der Waals surface area contributed by atoms with Gasteiger partial charge in [-0.15, -0.1) is 0 Å². The second kappa shape index (κ2) is 5.99. The Kier molecular flexibility index (Phi) is 4.59. The lowest BCUT2D eigenvalue weighted by atomic mass is 9.95. The van der Waals surface area contributed by atoms with Crippen molar-refractivity contribution in [2.75, 3.05) is 26.3 Å². The van der Waals surface area contributed by atoms with Crippen molar-refractivity contribution in [1.29, 1.82) is 0 Å². The van der Waals surface area contributed by atoms with Gasteiger partial charge in [-0.05, 0) is 46.2 Å². The van der Waals surface area contributed by atoms with Crippen molar-refractivity contribution in [3.63, 3.8) is 0 Å². The lowest BCUT2D eigenvalue weighted by Gasteiger charge is -2.29. The van der Waals surface area contributed by atoms with Gasteiger partial charge < -0.3 is 20.1 Å². The number of nitrogens with one attached hydrogen (secondary N) is 2. The van der Waals surface area contributed by atoms with Crippen molar-refractivity contribution in [2.24, 2.45) is 0 Å². The van der Waals surface area contributed by atoms with Gasteiger partial charge in [-0.2, -0.15) is 0 Å². The third-order valence-corrected chi connectivity index (χ3v) is 4.05. The molecular weight excluding hydrogens is 232 g/mol. The predicted octanol–water partition coefficient (Wildman–Crippen LogP) is 0.439. The minimum atomic E-state index is -0.242. The van der Waals surface area contributed by atoms with E-state index in [1.807, 2.05) is 13.8 Å². The van der Waals surface area contributed by atoms with Gasteiger partial charge in [-0.25, -0.2) is 0 Å². The maximum absolute atomic E-state index is 11.9. The Morgan fingerprint density at radius 3 is 2.83 bits per heavy atom. The molecule has 5 nitrogen and oxygen atoms in total. The monoisotopic (exact) mass is 256 g/mol. The molecule has 104 valence electrons. The van der Waals surface area contributed by atoms with Gasteiger partial charge in [0.2, 0.25) is 5.91 Å². The van der Waals surface area contributed by atoms with Gasteiger partial charge in [0.05, 0.1) is 17.7 Å². The zero-order valence-corrected chi connectivity index (χ0v) is 11.3. The number of hydrogen-bond donors (Lipinski definition) is 2. The van der Waals surface area contributed by atoms with Crippen LogP contribution in [0.2, 0.25) is 0 Å². The van der Waals surface area contributed by atoms with Crippen molar-refractivity contribution in [3.8, 4) is 0 Å². The quantitative estimate of drug-likeness (QED) is 0.766. The van der Waals surface area contributed by atoms with E-state index in [-0.39, 0.29) is 30.3 Å². The first kappa shape index (κ1) is 13.8. The third-order valence-electron chi connectivity index (χ3n) is 4.05. The van der Waals surface area contributed by atoms with Gasteiger partial charge >= 0.3 is 0 Å². The molecule has 2 atom stereocenters. The van der Waals surface area contributed by atoms with Crippen LogP contribution in [0.1, 0.15) is 33.1 Å². The number of carbonyl (C=O) groups is 1. The van der Waals surface area contributed by atoms with Crippen LogP contribution in [0.4, 0.5) is 0 Å². The Morgan fingerprint density at radius 1 is 1.50 bits per heavy atom. The molecule has 2 heterocycles. The Bertz CT molecular complexity index is 292. The van der Waals surface area contributed by atoms with Crippen molar-refractivity contribution >= 4 is 5.91 Å². The van der Waals surface area contributed by atoms with Gasteiger partial charge in [-0.1, -0.05) is 0 Å². The summed E-state index contributed by atoms with van der Waals surface area (Å²) in [7, 11) is 0. The number of amides is 1. The molecule has 0 bridgehead atoms. The van der Waals surface area contributed by atoms with E-state index < -0.39 is 0 Å². The molecule has 2 unspecified atom stereocenters. The van der Waals surface area contributed by atoms with E-state index in [1.54, 1.807) is 0 Å². The number of carbonyl (C=O) groups excluding carboxylic acids is 1. The SMILES string of the molecule is CC1OCCC1(C)NC(=O)COC1CCNCC1. The summed E-state index contributed by atoms with van der Waals surface area (Å²) in [6.07, 6.45) is 3.14. The number of piperidine rings is 1. The van der Waals surface area contributed by atoms with E-state index in [1.165, 1.54) is 0 Å². The summed E-state index contributed by atoms with van der Waals surface area (Å²) in [5, 5.41) is 6.32. The first-order chi connectivity index (χ1) is 8.60. The van der Waals surface area contributed by atoms with Gasteiger partial charge in [0.25, 0.3) is 0 Å². The Morgan fingerprint density at radius 2 is 2.22 bits per heavy atom. The van der Waals surface area contributed by atoms with E-state index in [4.69, 9.17) is 9.47 Å². The smallest absolute Gasteiger partial charge is 0.246 e. The Hall–Kier alpha value is -0.650. The lowest BCUT2D eigenvalue weighted by Crippen LogP contribution is -2.52. The highest BCUT2D eigenvalue weighted by atomic mass is 16.5. The molecule has 1 amide bonds.